The van der Waals surface area contributed by atoms with Gasteiger partial charge in [0, 0.05) is 7.05 Å². The predicted octanol–water partition coefficient (Wildman–Crippen LogP) is 4.99. The SMILES string of the molecule is CCC(c1nc2ccccc2c(=O)n1-c1ccc(C)c(C)c1)N(C)C(=O)COc1ccccc1. The minimum Gasteiger partial charge on any atom is -0.484 e. The van der Waals surface area contributed by atoms with Crippen LogP contribution in [0.1, 0.15) is 36.3 Å². The van der Waals surface area contributed by atoms with Crippen molar-refractivity contribution in [3.63, 3.8) is 0 Å². The van der Waals surface area contributed by atoms with Gasteiger partial charge in [0.25, 0.3) is 11.5 Å². The van der Waals surface area contributed by atoms with Gasteiger partial charge in [0.15, 0.2) is 6.61 Å². The van der Waals surface area contributed by atoms with Gasteiger partial charge < -0.3 is 9.64 Å². The Labute approximate surface area is 199 Å². The fourth-order valence-electron chi connectivity index (χ4n) is 4.05. The molecule has 34 heavy (non-hydrogen) atoms. The molecule has 0 radical (unpaired) electrons. The van der Waals surface area contributed by atoms with E-state index < -0.39 is 6.04 Å². The molecule has 1 unspecified atom stereocenters. The molecule has 0 spiro atoms. The van der Waals surface area contributed by atoms with Gasteiger partial charge in [-0.2, -0.15) is 0 Å². The molecule has 0 N–H and O–H groups in total. The van der Waals surface area contributed by atoms with Crippen LogP contribution in [0, 0.1) is 13.8 Å². The first-order chi connectivity index (χ1) is 16.4. The van der Waals surface area contributed by atoms with E-state index in [1.54, 1.807) is 22.6 Å². The molecule has 0 saturated carbocycles. The maximum atomic E-state index is 13.7. The summed E-state index contributed by atoms with van der Waals surface area (Å²) in [5.74, 6) is 0.975. The van der Waals surface area contributed by atoms with Crippen LogP contribution in [0.4, 0.5) is 0 Å². The summed E-state index contributed by atoms with van der Waals surface area (Å²) in [6.07, 6.45) is 0.587. The molecular formula is C28H29N3O3. The minimum atomic E-state index is -0.411. The second kappa shape index (κ2) is 9.91. The fourth-order valence-corrected chi connectivity index (χ4v) is 4.05. The van der Waals surface area contributed by atoms with E-state index in [9.17, 15) is 9.59 Å². The zero-order chi connectivity index (χ0) is 24.2. The molecule has 6 heteroatoms. The van der Waals surface area contributed by atoms with Crippen LogP contribution in [-0.4, -0.2) is 34.0 Å². The number of aryl methyl sites for hydroxylation is 2. The van der Waals surface area contributed by atoms with Crippen LogP contribution < -0.4 is 10.3 Å². The van der Waals surface area contributed by atoms with Crippen LogP contribution in [0.5, 0.6) is 5.75 Å². The van der Waals surface area contributed by atoms with E-state index >= 15 is 0 Å². The number of fused-ring (bicyclic) bond motifs is 1. The Kier molecular flexibility index (Phi) is 6.77. The van der Waals surface area contributed by atoms with Crippen molar-refractivity contribution in [3.05, 3.63) is 100 Å². The third-order valence-corrected chi connectivity index (χ3v) is 6.20. The highest BCUT2D eigenvalue weighted by Crippen LogP contribution is 2.26. The number of ether oxygens (including phenoxy) is 1. The summed E-state index contributed by atoms with van der Waals surface area (Å²) >= 11 is 0. The zero-order valence-corrected chi connectivity index (χ0v) is 20.0. The second-order valence-corrected chi connectivity index (χ2v) is 8.43. The molecule has 0 saturated heterocycles. The van der Waals surface area contributed by atoms with Crippen LogP contribution in [0.25, 0.3) is 16.6 Å². The molecule has 0 aliphatic carbocycles. The van der Waals surface area contributed by atoms with E-state index in [0.29, 0.717) is 28.9 Å². The molecule has 1 atom stereocenters. The van der Waals surface area contributed by atoms with Crippen LogP contribution in [0.2, 0.25) is 0 Å². The number of nitrogens with zero attached hydrogens (tertiary/aromatic N) is 3. The average Bonchev–Trinajstić information content (AvgIpc) is 2.85. The van der Waals surface area contributed by atoms with Gasteiger partial charge >= 0.3 is 0 Å². The van der Waals surface area contributed by atoms with Crippen molar-refractivity contribution in [2.24, 2.45) is 0 Å². The molecule has 1 heterocycles. The van der Waals surface area contributed by atoms with E-state index in [2.05, 4.69) is 0 Å². The Morgan fingerprint density at radius 1 is 1.00 bits per heavy atom. The number of para-hydroxylation sites is 2. The molecule has 0 bridgehead atoms. The van der Waals surface area contributed by atoms with E-state index in [4.69, 9.17) is 9.72 Å². The van der Waals surface area contributed by atoms with Crippen molar-refractivity contribution >= 4 is 16.8 Å². The van der Waals surface area contributed by atoms with Crippen molar-refractivity contribution < 1.29 is 9.53 Å². The Morgan fingerprint density at radius 3 is 2.41 bits per heavy atom. The van der Waals surface area contributed by atoms with Gasteiger partial charge in [0.2, 0.25) is 0 Å². The molecular weight excluding hydrogens is 426 g/mol. The van der Waals surface area contributed by atoms with Crippen molar-refractivity contribution in [2.75, 3.05) is 13.7 Å². The molecule has 0 aliphatic heterocycles. The van der Waals surface area contributed by atoms with E-state index in [1.807, 2.05) is 87.5 Å². The minimum absolute atomic E-state index is 0.0987. The number of benzene rings is 3. The summed E-state index contributed by atoms with van der Waals surface area (Å²) < 4.78 is 7.32. The van der Waals surface area contributed by atoms with E-state index in [0.717, 1.165) is 16.8 Å². The number of amides is 1. The van der Waals surface area contributed by atoms with Gasteiger partial charge in [-0.3, -0.25) is 14.2 Å². The molecule has 4 rings (SSSR count). The zero-order valence-electron chi connectivity index (χ0n) is 20.0. The van der Waals surface area contributed by atoms with Gasteiger partial charge in [-0.1, -0.05) is 43.3 Å². The maximum absolute atomic E-state index is 13.7. The van der Waals surface area contributed by atoms with Crippen LogP contribution in [0.15, 0.2) is 77.6 Å². The summed E-state index contributed by atoms with van der Waals surface area (Å²) in [6, 6.07) is 22.1. The highest BCUT2D eigenvalue weighted by atomic mass is 16.5. The van der Waals surface area contributed by atoms with Crippen molar-refractivity contribution in [1.82, 2.24) is 14.5 Å². The lowest BCUT2D eigenvalue weighted by Crippen LogP contribution is -2.38. The first-order valence-corrected chi connectivity index (χ1v) is 11.4. The smallest absolute Gasteiger partial charge is 0.266 e. The van der Waals surface area contributed by atoms with E-state index in [1.165, 1.54) is 0 Å². The standard InChI is InChI=1S/C28H29N3O3/c1-5-25(30(4)26(32)18-34-22-11-7-6-8-12-22)27-29-24-14-10-9-13-23(24)28(33)31(27)21-16-15-19(2)20(3)17-21/h6-17,25H,5,18H2,1-4H3. The molecule has 4 aromatic rings. The first-order valence-electron chi connectivity index (χ1n) is 11.4. The monoisotopic (exact) mass is 455 g/mol. The highest BCUT2D eigenvalue weighted by molar-refractivity contribution is 5.79. The molecule has 0 aliphatic rings. The summed E-state index contributed by atoms with van der Waals surface area (Å²) in [4.78, 5) is 33.2. The molecule has 3 aromatic carbocycles. The molecule has 1 amide bonds. The van der Waals surface area contributed by atoms with Crippen LogP contribution >= 0.6 is 0 Å². The second-order valence-electron chi connectivity index (χ2n) is 8.43. The van der Waals surface area contributed by atoms with Crippen LogP contribution in [0.3, 0.4) is 0 Å². The fraction of sp³-hybridized carbons (Fsp3) is 0.250. The molecule has 6 nitrogen and oxygen atoms in total. The number of aromatic nitrogens is 2. The van der Waals surface area contributed by atoms with Crippen molar-refractivity contribution in [1.29, 1.82) is 0 Å². The quantitative estimate of drug-likeness (QED) is 0.394. The number of carbonyl (C=O) groups excluding carboxylic acids is 1. The topological polar surface area (TPSA) is 64.4 Å². The molecule has 0 fully saturated rings. The lowest BCUT2D eigenvalue weighted by molar-refractivity contribution is -0.134. The third-order valence-electron chi connectivity index (χ3n) is 6.20. The predicted molar refractivity (Wildman–Crippen MR) is 135 cm³/mol. The van der Waals surface area contributed by atoms with Gasteiger partial charge in [0.05, 0.1) is 22.6 Å². The number of hydrogen-bond donors (Lipinski definition) is 0. The average molecular weight is 456 g/mol. The van der Waals surface area contributed by atoms with Crippen molar-refractivity contribution in [2.45, 2.75) is 33.2 Å². The van der Waals surface area contributed by atoms with Gasteiger partial charge in [-0.25, -0.2) is 4.98 Å². The summed E-state index contributed by atoms with van der Waals surface area (Å²) in [7, 11) is 1.73. The number of hydrogen-bond acceptors (Lipinski definition) is 4. The van der Waals surface area contributed by atoms with Crippen molar-refractivity contribution in [3.8, 4) is 11.4 Å². The van der Waals surface area contributed by atoms with E-state index in [-0.39, 0.29) is 18.1 Å². The summed E-state index contributed by atoms with van der Waals surface area (Å²) in [5.41, 5.74) is 3.43. The summed E-state index contributed by atoms with van der Waals surface area (Å²) in [6.45, 7) is 5.94. The first kappa shape index (κ1) is 23.2. The maximum Gasteiger partial charge on any atom is 0.266 e. The molecule has 174 valence electrons. The normalized spacial score (nSPS) is 11.9. The van der Waals surface area contributed by atoms with Crippen LogP contribution in [-0.2, 0) is 4.79 Å². The highest BCUT2D eigenvalue weighted by Gasteiger charge is 2.27. The Hall–Kier alpha value is -3.93. The number of likely N-dealkylation sites (N-methyl/N-ethyl adjacent to an activating group) is 1. The Morgan fingerprint density at radius 2 is 1.71 bits per heavy atom. The lowest BCUT2D eigenvalue weighted by Gasteiger charge is -2.29. The summed E-state index contributed by atoms with van der Waals surface area (Å²) in [5, 5.41) is 0.542. The Balaban J connectivity index is 1.78. The largest absolute Gasteiger partial charge is 0.484 e. The van der Waals surface area contributed by atoms with Gasteiger partial charge in [-0.05, 0) is 67.8 Å². The third kappa shape index (κ3) is 4.57. The number of rotatable bonds is 7. The van der Waals surface area contributed by atoms with Gasteiger partial charge in [-0.15, -0.1) is 0 Å². The number of carbonyl (C=O) groups is 1. The molecule has 1 aromatic heterocycles. The lowest BCUT2D eigenvalue weighted by atomic mass is 10.1. The van der Waals surface area contributed by atoms with Gasteiger partial charge in [0.1, 0.15) is 11.6 Å². The Bertz CT molecular complexity index is 1380.